The SMILES string of the molecule is Cc1cc(C)cc(NC(=O)C(OC(=O)c2cn(-c3ccccc3)nc2-c2cccnc2)c2ccccc2)c1. The predicted molar refractivity (Wildman–Crippen MR) is 146 cm³/mol. The average Bonchev–Trinajstić information content (AvgIpc) is 3.38. The summed E-state index contributed by atoms with van der Waals surface area (Å²) in [6, 6.07) is 27.8. The van der Waals surface area contributed by atoms with Gasteiger partial charge >= 0.3 is 5.97 Å². The molecule has 5 rings (SSSR count). The molecule has 0 aliphatic rings. The fraction of sp³-hybridized carbons (Fsp3) is 0.0968. The molecular formula is C31H26N4O3. The highest BCUT2D eigenvalue weighted by Gasteiger charge is 2.29. The Labute approximate surface area is 220 Å². The molecule has 2 heterocycles. The van der Waals surface area contributed by atoms with Crippen LogP contribution in [0, 0.1) is 13.8 Å². The third-order valence-electron chi connectivity index (χ3n) is 5.94. The van der Waals surface area contributed by atoms with Crippen LogP contribution < -0.4 is 5.32 Å². The number of carbonyl (C=O) groups excluding carboxylic acids is 2. The van der Waals surface area contributed by atoms with Gasteiger partial charge in [0.05, 0.1) is 5.69 Å². The molecular weight excluding hydrogens is 476 g/mol. The number of amides is 1. The second kappa shape index (κ2) is 10.9. The Morgan fingerprint density at radius 1 is 0.868 bits per heavy atom. The maximum atomic E-state index is 13.7. The van der Waals surface area contributed by atoms with E-state index in [1.54, 1.807) is 53.6 Å². The van der Waals surface area contributed by atoms with Crippen LogP contribution in [0.25, 0.3) is 16.9 Å². The first-order valence-corrected chi connectivity index (χ1v) is 12.2. The fourth-order valence-corrected chi connectivity index (χ4v) is 4.28. The minimum absolute atomic E-state index is 0.224. The molecule has 1 N–H and O–H groups in total. The van der Waals surface area contributed by atoms with Crippen LogP contribution in [0.15, 0.2) is 110 Å². The lowest BCUT2D eigenvalue weighted by Crippen LogP contribution is -2.26. The van der Waals surface area contributed by atoms with Gasteiger partial charge in [0.15, 0.2) is 0 Å². The smallest absolute Gasteiger partial charge is 0.343 e. The van der Waals surface area contributed by atoms with Crippen LogP contribution in [0.5, 0.6) is 0 Å². The predicted octanol–water partition coefficient (Wildman–Crippen LogP) is 6.09. The van der Waals surface area contributed by atoms with Gasteiger partial charge in [-0.1, -0.05) is 54.6 Å². The summed E-state index contributed by atoms with van der Waals surface area (Å²) in [7, 11) is 0. The quantitative estimate of drug-likeness (QED) is 0.272. The molecule has 1 amide bonds. The van der Waals surface area contributed by atoms with E-state index in [4.69, 9.17) is 4.74 Å². The van der Waals surface area contributed by atoms with Gasteiger partial charge in [0.2, 0.25) is 6.10 Å². The topological polar surface area (TPSA) is 86.1 Å². The van der Waals surface area contributed by atoms with Gasteiger partial charge in [-0.05, 0) is 61.4 Å². The molecule has 0 radical (unpaired) electrons. The number of esters is 1. The van der Waals surface area contributed by atoms with Crippen molar-refractivity contribution in [1.29, 1.82) is 0 Å². The molecule has 38 heavy (non-hydrogen) atoms. The number of carbonyl (C=O) groups is 2. The lowest BCUT2D eigenvalue weighted by molar-refractivity contribution is -0.125. The minimum atomic E-state index is -1.17. The molecule has 0 aliphatic heterocycles. The number of aromatic nitrogens is 3. The average molecular weight is 503 g/mol. The van der Waals surface area contributed by atoms with E-state index in [1.807, 2.05) is 74.5 Å². The molecule has 7 nitrogen and oxygen atoms in total. The van der Waals surface area contributed by atoms with E-state index >= 15 is 0 Å². The molecule has 2 aromatic heterocycles. The number of rotatable bonds is 7. The monoisotopic (exact) mass is 502 g/mol. The molecule has 5 aromatic rings. The maximum absolute atomic E-state index is 13.7. The Bertz CT molecular complexity index is 1550. The van der Waals surface area contributed by atoms with Gasteiger partial charge < -0.3 is 10.1 Å². The van der Waals surface area contributed by atoms with Gasteiger partial charge in [-0.2, -0.15) is 5.10 Å². The van der Waals surface area contributed by atoms with Crippen molar-refractivity contribution in [2.75, 3.05) is 5.32 Å². The summed E-state index contributed by atoms with van der Waals surface area (Å²) in [6.45, 7) is 3.92. The van der Waals surface area contributed by atoms with Crippen molar-refractivity contribution in [3.8, 4) is 16.9 Å². The second-order valence-corrected chi connectivity index (χ2v) is 8.97. The number of para-hydroxylation sites is 1. The number of nitrogens with zero attached hydrogens (tertiary/aromatic N) is 3. The molecule has 0 saturated heterocycles. The number of aryl methyl sites for hydroxylation is 2. The number of pyridine rings is 1. The van der Waals surface area contributed by atoms with Crippen molar-refractivity contribution in [2.24, 2.45) is 0 Å². The highest BCUT2D eigenvalue weighted by Crippen LogP contribution is 2.27. The Hall–Kier alpha value is -5.04. The van der Waals surface area contributed by atoms with Crippen LogP contribution in [0.2, 0.25) is 0 Å². The van der Waals surface area contributed by atoms with Gasteiger partial charge in [-0.15, -0.1) is 0 Å². The first kappa shape index (κ1) is 24.6. The van der Waals surface area contributed by atoms with Gasteiger partial charge in [-0.3, -0.25) is 9.78 Å². The van der Waals surface area contributed by atoms with Crippen molar-refractivity contribution in [2.45, 2.75) is 20.0 Å². The normalized spacial score (nSPS) is 11.5. The number of anilines is 1. The number of ether oxygens (including phenoxy) is 1. The third kappa shape index (κ3) is 5.52. The standard InChI is InChI=1S/C31H26N4O3/c1-21-16-22(2)18-25(17-21)33-30(36)29(23-10-5-3-6-11-23)38-31(37)27-20-35(26-13-7-4-8-14-26)34-28(27)24-12-9-15-32-19-24/h3-20,29H,1-2H3,(H,33,36). The van der Waals surface area contributed by atoms with Crippen molar-refractivity contribution < 1.29 is 14.3 Å². The summed E-state index contributed by atoms with van der Waals surface area (Å²) in [5, 5.41) is 7.57. The van der Waals surface area contributed by atoms with E-state index in [1.165, 1.54) is 0 Å². The number of hydrogen-bond donors (Lipinski definition) is 1. The molecule has 188 valence electrons. The molecule has 3 aromatic carbocycles. The first-order valence-electron chi connectivity index (χ1n) is 12.2. The van der Waals surface area contributed by atoms with Crippen LogP contribution in [-0.4, -0.2) is 26.6 Å². The highest BCUT2D eigenvalue weighted by molar-refractivity contribution is 6.00. The highest BCUT2D eigenvalue weighted by atomic mass is 16.5. The molecule has 1 unspecified atom stereocenters. The molecule has 0 aliphatic carbocycles. The van der Waals surface area contributed by atoms with E-state index in [0.717, 1.165) is 16.8 Å². The van der Waals surface area contributed by atoms with Gasteiger partial charge in [0.1, 0.15) is 11.3 Å². The van der Waals surface area contributed by atoms with Crippen LogP contribution in [0.3, 0.4) is 0 Å². The first-order chi connectivity index (χ1) is 18.5. The largest absolute Gasteiger partial charge is 0.444 e. The van der Waals surface area contributed by atoms with Crippen molar-refractivity contribution >= 4 is 17.6 Å². The Morgan fingerprint density at radius 2 is 1.55 bits per heavy atom. The van der Waals surface area contributed by atoms with Crippen molar-refractivity contribution in [1.82, 2.24) is 14.8 Å². The molecule has 7 heteroatoms. The Kier molecular flexibility index (Phi) is 7.08. The maximum Gasteiger partial charge on any atom is 0.343 e. The van der Waals surface area contributed by atoms with Gasteiger partial charge in [-0.25, -0.2) is 9.48 Å². The molecule has 0 saturated carbocycles. The van der Waals surface area contributed by atoms with E-state index < -0.39 is 18.0 Å². The third-order valence-corrected chi connectivity index (χ3v) is 5.94. The lowest BCUT2D eigenvalue weighted by atomic mass is 10.1. The van der Waals surface area contributed by atoms with Gasteiger partial charge in [0.25, 0.3) is 5.91 Å². The van der Waals surface area contributed by atoms with E-state index in [2.05, 4.69) is 15.4 Å². The Balaban J connectivity index is 1.50. The molecule has 0 bridgehead atoms. The number of hydrogen-bond acceptors (Lipinski definition) is 5. The molecule has 0 fully saturated rings. The van der Waals surface area contributed by atoms with Crippen molar-refractivity contribution in [3.63, 3.8) is 0 Å². The van der Waals surface area contributed by atoms with E-state index in [0.29, 0.717) is 22.5 Å². The molecule has 0 spiro atoms. The summed E-state index contributed by atoms with van der Waals surface area (Å²) in [4.78, 5) is 31.3. The number of nitrogens with one attached hydrogen (secondary N) is 1. The zero-order chi connectivity index (χ0) is 26.5. The Morgan fingerprint density at radius 3 is 2.21 bits per heavy atom. The summed E-state index contributed by atoms with van der Waals surface area (Å²) >= 11 is 0. The lowest BCUT2D eigenvalue weighted by Gasteiger charge is -2.18. The number of benzene rings is 3. The summed E-state index contributed by atoms with van der Waals surface area (Å²) in [6.07, 6.45) is 3.73. The second-order valence-electron chi connectivity index (χ2n) is 8.97. The zero-order valence-electron chi connectivity index (χ0n) is 21.0. The summed E-state index contributed by atoms with van der Waals surface area (Å²) in [5.41, 5.74) is 5.30. The minimum Gasteiger partial charge on any atom is -0.444 e. The van der Waals surface area contributed by atoms with Crippen LogP contribution in [0.4, 0.5) is 5.69 Å². The molecule has 1 atom stereocenters. The van der Waals surface area contributed by atoms with Crippen LogP contribution in [0.1, 0.15) is 33.2 Å². The summed E-state index contributed by atoms with van der Waals surface area (Å²) in [5.74, 6) is -1.12. The van der Waals surface area contributed by atoms with Crippen LogP contribution >= 0.6 is 0 Å². The van der Waals surface area contributed by atoms with Crippen LogP contribution in [-0.2, 0) is 9.53 Å². The summed E-state index contributed by atoms with van der Waals surface area (Å²) < 4.78 is 7.52. The zero-order valence-corrected chi connectivity index (χ0v) is 21.0. The van der Waals surface area contributed by atoms with E-state index in [-0.39, 0.29) is 5.56 Å². The van der Waals surface area contributed by atoms with E-state index in [9.17, 15) is 9.59 Å². The fourth-order valence-electron chi connectivity index (χ4n) is 4.28. The van der Waals surface area contributed by atoms with Gasteiger partial charge in [0, 0.05) is 35.4 Å². The van der Waals surface area contributed by atoms with Crippen molar-refractivity contribution in [3.05, 3.63) is 132 Å².